The van der Waals surface area contributed by atoms with Gasteiger partial charge < -0.3 is 33.7 Å². The number of rotatable bonds is 6. The highest BCUT2D eigenvalue weighted by Gasteiger charge is 2.39. The summed E-state index contributed by atoms with van der Waals surface area (Å²) in [5, 5.41) is 2.71. The van der Waals surface area contributed by atoms with E-state index in [4.69, 9.17) is 28.4 Å². The number of benzene rings is 1. The SMILES string of the molecule is COC(=O)c1cc(OC)c(OC)c(OC)c1NC=C1C(=O)OC(C)(C)OC1=O. The van der Waals surface area contributed by atoms with E-state index < -0.39 is 29.3 Å². The molecular weight excluding hydrogens is 374 g/mol. The van der Waals surface area contributed by atoms with Crippen molar-refractivity contribution in [3.8, 4) is 17.2 Å². The average molecular weight is 395 g/mol. The van der Waals surface area contributed by atoms with Crippen LogP contribution in [0, 0.1) is 0 Å². The zero-order valence-corrected chi connectivity index (χ0v) is 16.3. The first-order chi connectivity index (χ1) is 13.2. The highest BCUT2D eigenvalue weighted by Crippen LogP contribution is 2.45. The Morgan fingerprint density at radius 2 is 1.57 bits per heavy atom. The van der Waals surface area contributed by atoms with Crippen molar-refractivity contribution in [1.29, 1.82) is 0 Å². The van der Waals surface area contributed by atoms with Gasteiger partial charge in [-0.05, 0) is 0 Å². The third-order valence-corrected chi connectivity index (χ3v) is 3.71. The van der Waals surface area contributed by atoms with Crippen molar-refractivity contribution in [3.05, 3.63) is 23.4 Å². The van der Waals surface area contributed by atoms with Gasteiger partial charge in [0.25, 0.3) is 5.79 Å². The summed E-state index contributed by atoms with van der Waals surface area (Å²) in [4.78, 5) is 36.4. The van der Waals surface area contributed by atoms with E-state index in [2.05, 4.69) is 5.32 Å². The van der Waals surface area contributed by atoms with Crippen molar-refractivity contribution in [3.63, 3.8) is 0 Å². The van der Waals surface area contributed by atoms with Gasteiger partial charge in [0, 0.05) is 26.1 Å². The summed E-state index contributed by atoms with van der Waals surface area (Å²) in [5.74, 6) is -3.35. The molecule has 0 unspecified atom stereocenters. The molecule has 1 aromatic carbocycles. The van der Waals surface area contributed by atoms with Gasteiger partial charge in [-0.2, -0.15) is 0 Å². The maximum absolute atomic E-state index is 12.2. The van der Waals surface area contributed by atoms with E-state index >= 15 is 0 Å². The summed E-state index contributed by atoms with van der Waals surface area (Å²) in [6.45, 7) is 2.86. The predicted octanol–water partition coefficient (Wildman–Crippen LogP) is 1.63. The summed E-state index contributed by atoms with van der Waals surface area (Å²) in [5.41, 5.74) is -0.288. The maximum atomic E-state index is 12.2. The average Bonchev–Trinajstić information content (AvgIpc) is 2.64. The lowest BCUT2D eigenvalue weighted by Gasteiger charge is -2.29. The van der Waals surface area contributed by atoms with Gasteiger partial charge >= 0.3 is 17.9 Å². The third kappa shape index (κ3) is 3.95. The third-order valence-electron chi connectivity index (χ3n) is 3.71. The van der Waals surface area contributed by atoms with Crippen LogP contribution in [-0.4, -0.2) is 52.1 Å². The minimum Gasteiger partial charge on any atom is -0.493 e. The van der Waals surface area contributed by atoms with Gasteiger partial charge in [-0.25, -0.2) is 14.4 Å². The molecule has 0 atom stereocenters. The second-order valence-electron chi connectivity index (χ2n) is 5.94. The molecule has 10 nitrogen and oxygen atoms in total. The van der Waals surface area contributed by atoms with E-state index in [9.17, 15) is 14.4 Å². The predicted molar refractivity (Wildman–Crippen MR) is 95.4 cm³/mol. The number of cyclic esters (lactones) is 2. The molecule has 1 saturated heterocycles. The molecule has 1 aromatic rings. The first-order valence-corrected chi connectivity index (χ1v) is 8.03. The Morgan fingerprint density at radius 1 is 1.00 bits per heavy atom. The van der Waals surface area contributed by atoms with E-state index in [0.29, 0.717) is 0 Å². The molecule has 0 radical (unpaired) electrons. The standard InChI is InChI=1S/C18H21NO9/c1-18(2)27-16(21)10(17(22)28-18)8-19-12-9(15(20)26-6)7-11(23-3)13(24-4)14(12)25-5/h7-8,19H,1-6H3. The molecule has 28 heavy (non-hydrogen) atoms. The normalized spacial score (nSPS) is 15.1. The smallest absolute Gasteiger partial charge is 0.350 e. The lowest BCUT2D eigenvalue weighted by atomic mass is 10.1. The Labute approximate surface area is 161 Å². The monoisotopic (exact) mass is 395 g/mol. The molecule has 1 aliphatic heterocycles. The first kappa shape index (κ1) is 20.9. The van der Waals surface area contributed by atoms with Crippen LogP contribution in [0.2, 0.25) is 0 Å². The number of nitrogens with one attached hydrogen (secondary N) is 1. The Balaban J connectivity index is 2.56. The van der Waals surface area contributed by atoms with Gasteiger partial charge in [-0.15, -0.1) is 0 Å². The van der Waals surface area contributed by atoms with Gasteiger partial charge in [-0.1, -0.05) is 0 Å². The molecule has 0 saturated carbocycles. The van der Waals surface area contributed by atoms with Crippen LogP contribution in [-0.2, 0) is 23.8 Å². The fourth-order valence-electron chi connectivity index (χ4n) is 2.49. The maximum Gasteiger partial charge on any atom is 0.350 e. The highest BCUT2D eigenvalue weighted by molar-refractivity contribution is 6.15. The summed E-state index contributed by atoms with van der Waals surface area (Å²) in [6, 6.07) is 1.37. The molecule has 1 fully saturated rings. The van der Waals surface area contributed by atoms with Gasteiger partial charge in [0.1, 0.15) is 0 Å². The molecule has 2 rings (SSSR count). The van der Waals surface area contributed by atoms with Crippen LogP contribution in [0.4, 0.5) is 5.69 Å². The van der Waals surface area contributed by atoms with E-state index in [1.165, 1.54) is 48.4 Å². The summed E-state index contributed by atoms with van der Waals surface area (Å²) >= 11 is 0. The Kier molecular flexibility index (Phi) is 6.02. The summed E-state index contributed by atoms with van der Waals surface area (Å²) < 4.78 is 30.7. The molecule has 0 aliphatic carbocycles. The lowest BCUT2D eigenvalue weighted by Crippen LogP contribution is -2.42. The minimum absolute atomic E-state index is 0.0201. The van der Waals surface area contributed by atoms with Gasteiger partial charge in [0.15, 0.2) is 17.1 Å². The lowest BCUT2D eigenvalue weighted by molar-refractivity contribution is -0.222. The zero-order valence-electron chi connectivity index (χ0n) is 16.3. The Morgan fingerprint density at radius 3 is 2.04 bits per heavy atom. The van der Waals surface area contributed by atoms with Crippen LogP contribution in [0.5, 0.6) is 17.2 Å². The van der Waals surface area contributed by atoms with Crippen molar-refractivity contribution in [2.24, 2.45) is 0 Å². The number of anilines is 1. The molecular formula is C18H21NO9. The van der Waals surface area contributed by atoms with Crippen LogP contribution in [0.15, 0.2) is 17.8 Å². The topological polar surface area (TPSA) is 119 Å². The van der Waals surface area contributed by atoms with Crippen LogP contribution in [0.3, 0.4) is 0 Å². The molecule has 1 aliphatic rings. The van der Waals surface area contributed by atoms with Crippen LogP contribution in [0.1, 0.15) is 24.2 Å². The molecule has 152 valence electrons. The van der Waals surface area contributed by atoms with Crippen LogP contribution < -0.4 is 19.5 Å². The summed E-state index contributed by atoms with van der Waals surface area (Å²) in [7, 11) is 5.33. The Bertz CT molecular complexity index is 820. The second-order valence-corrected chi connectivity index (χ2v) is 5.94. The Hall–Kier alpha value is -3.43. The number of carbonyl (C=O) groups is 3. The number of methoxy groups -OCH3 is 4. The van der Waals surface area contributed by atoms with Gasteiger partial charge in [0.05, 0.1) is 39.7 Å². The van der Waals surface area contributed by atoms with Crippen molar-refractivity contribution in [2.75, 3.05) is 33.8 Å². The molecule has 0 spiro atoms. The second kappa shape index (κ2) is 8.07. The largest absolute Gasteiger partial charge is 0.493 e. The van der Waals surface area contributed by atoms with Crippen molar-refractivity contribution < 1.29 is 42.8 Å². The van der Waals surface area contributed by atoms with Crippen LogP contribution in [0.25, 0.3) is 0 Å². The van der Waals surface area contributed by atoms with Crippen LogP contribution >= 0.6 is 0 Å². The number of hydrogen-bond acceptors (Lipinski definition) is 10. The van der Waals surface area contributed by atoms with Gasteiger partial charge in [-0.3, -0.25) is 0 Å². The molecule has 1 N–H and O–H groups in total. The number of hydrogen-bond donors (Lipinski definition) is 1. The highest BCUT2D eigenvalue weighted by atomic mass is 16.7. The quantitative estimate of drug-likeness (QED) is 0.432. The molecule has 1 heterocycles. The number of esters is 3. The van der Waals surface area contributed by atoms with Crippen molar-refractivity contribution >= 4 is 23.6 Å². The minimum atomic E-state index is -1.37. The van der Waals surface area contributed by atoms with Gasteiger partial charge in [0.2, 0.25) is 5.75 Å². The van der Waals surface area contributed by atoms with E-state index in [1.54, 1.807) is 0 Å². The number of ether oxygens (including phenoxy) is 6. The van der Waals surface area contributed by atoms with Crippen molar-refractivity contribution in [2.45, 2.75) is 19.6 Å². The number of carbonyl (C=O) groups excluding carboxylic acids is 3. The fraction of sp³-hybridized carbons (Fsp3) is 0.389. The molecule has 0 bridgehead atoms. The van der Waals surface area contributed by atoms with E-state index in [0.717, 1.165) is 6.20 Å². The summed E-state index contributed by atoms with van der Waals surface area (Å²) in [6.07, 6.45) is 1.05. The first-order valence-electron chi connectivity index (χ1n) is 8.03. The molecule has 0 aromatic heterocycles. The molecule has 10 heteroatoms. The zero-order chi connectivity index (χ0) is 21.1. The fourth-order valence-corrected chi connectivity index (χ4v) is 2.49. The van der Waals surface area contributed by atoms with E-state index in [-0.39, 0.29) is 28.5 Å². The van der Waals surface area contributed by atoms with E-state index in [1.807, 2.05) is 0 Å². The molecule has 0 amide bonds. The van der Waals surface area contributed by atoms with Crippen molar-refractivity contribution in [1.82, 2.24) is 0 Å².